The molecule has 0 unspecified atom stereocenters. The SMILES string of the molecule is CCCc1ccc(-c2ccc(C)cc2N)cc1. The highest BCUT2D eigenvalue weighted by atomic mass is 14.6. The molecular weight excluding hydrogens is 206 g/mol. The van der Waals surface area contributed by atoms with E-state index in [-0.39, 0.29) is 0 Å². The van der Waals surface area contributed by atoms with Gasteiger partial charge in [0, 0.05) is 11.3 Å². The summed E-state index contributed by atoms with van der Waals surface area (Å²) in [6.45, 7) is 4.26. The van der Waals surface area contributed by atoms with Crippen LogP contribution in [0, 0.1) is 6.92 Å². The molecule has 1 nitrogen and oxygen atoms in total. The molecule has 0 saturated carbocycles. The smallest absolute Gasteiger partial charge is 0.0396 e. The molecule has 0 bridgehead atoms. The standard InChI is InChI=1S/C16H19N/c1-3-4-13-6-8-14(9-7-13)15-10-5-12(2)11-16(15)17/h5-11H,3-4,17H2,1-2H3. The third-order valence-electron chi connectivity index (χ3n) is 3.01. The number of benzene rings is 2. The van der Waals surface area contributed by atoms with E-state index in [0.29, 0.717) is 0 Å². The van der Waals surface area contributed by atoms with Gasteiger partial charge in [-0.3, -0.25) is 0 Å². The Hall–Kier alpha value is -1.76. The summed E-state index contributed by atoms with van der Waals surface area (Å²) >= 11 is 0. The second kappa shape index (κ2) is 5.05. The number of rotatable bonds is 3. The monoisotopic (exact) mass is 225 g/mol. The Morgan fingerprint density at radius 2 is 1.71 bits per heavy atom. The maximum atomic E-state index is 6.05. The van der Waals surface area contributed by atoms with Crippen molar-refractivity contribution in [2.75, 3.05) is 5.73 Å². The van der Waals surface area contributed by atoms with Gasteiger partial charge < -0.3 is 5.73 Å². The Morgan fingerprint density at radius 1 is 1.00 bits per heavy atom. The predicted octanol–water partition coefficient (Wildman–Crippen LogP) is 4.20. The van der Waals surface area contributed by atoms with Gasteiger partial charge in [0.1, 0.15) is 0 Å². The number of nitrogen functional groups attached to an aromatic ring is 1. The van der Waals surface area contributed by atoms with E-state index in [1.54, 1.807) is 0 Å². The lowest BCUT2D eigenvalue weighted by Crippen LogP contribution is -1.91. The van der Waals surface area contributed by atoms with Crippen LogP contribution in [0.25, 0.3) is 11.1 Å². The minimum Gasteiger partial charge on any atom is -0.398 e. The third-order valence-corrected chi connectivity index (χ3v) is 3.01. The number of anilines is 1. The largest absolute Gasteiger partial charge is 0.398 e. The maximum Gasteiger partial charge on any atom is 0.0396 e. The lowest BCUT2D eigenvalue weighted by molar-refractivity contribution is 0.922. The molecule has 0 spiro atoms. The fourth-order valence-electron chi connectivity index (χ4n) is 2.08. The summed E-state index contributed by atoms with van der Waals surface area (Å²) in [6.07, 6.45) is 2.33. The van der Waals surface area contributed by atoms with Gasteiger partial charge in [-0.2, -0.15) is 0 Å². The van der Waals surface area contributed by atoms with E-state index in [1.807, 2.05) is 6.07 Å². The van der Waals surface area contributed by atoms with Gasteiger partial charge in [-0.1, -0.05) is 49.7 Å². The van der Waals surface area contributed by atoms with Crippen LogP contribution < -0.4 is 5.73 Å². The normalized spacial score (nSPS) is 10.5. The van der Waals surface area contributed by atoms with Crippen LogP contribution in [0.15, 0.2) is 42.5 Å². The Balaban J connectivity index is 2.33. The molecule has 0 heterocycles. The number of hydrogen-bond acceptors (Lipinski definition) is 1. The van der Waals surface area contributed by atoms with Gasteiger partial charge in [-0.25, -0.2) is 0 Å². The molecule has 2 rings (SSSR count). The molecular formula is C16H19N. The van der Waals surface area contributed by atoms with Crippen LogP contribution in [0.5, 0.6) is 0 Å². The summed E-state index contributed by atoms with van der Waals surface area (Å²) in [6, 6.07) is 14.9. The quantitative estimate of drug-likeness (QED) is 0.778. The highest BCUT2D eigenvalue weighted by Gasteiger charge is 2.02. The van der Waals surface area contributed by atoms with Crippen molar-refractivity contribution in [3.63, 3.8) is 0 Å². The van der Waals surface area contributed by atoms with Gasteiger partial charge >= 0.3 is 0 Å². The third kappa shape index (κ3) is 2.68. The van der Waals surface area contributed by atoms with Gasteiger partial charge in [0.15, 0.2) is 0 Å². The lowest BCUT2D eigenvalue weighted by Gasteiger charge is -2.08. The zero-order valence-electron chi connectivity index (χ0n) is 10.5. The van der Waals surface area contributed by atoms with Gasteiger partial charge in [0.25, 0.3) is 0 Å². The van der Waals surface area contributed by atoms with E-state index in [2.05, 4.69) is 50.2 Å². The summed E-state index contributed by atoms with van der Waals surface area (Å²) in [5.74, 6) is 0. The molecule has 2 N–H and O–H groups in total. The van der Waals surface area contributed by atoms with Gasteiger partial charge in [0.05, 0.1) is 0 Å². The summed E-state index contributed by atoms with van der Waals surface area (Å²) in [5, 5.41) is 0. The molecule has 2 aromatic rings. The van der Waals surface area contributed by atoms with E-state index < -0.39 is 0 Å². The number of aryl methyl sites for hydroxylation is 2. The molecule has 2 aromatic carbocycles. The second-order valence-electron chi connectivity index (χ2n) is 4.54. The summed E-state index contributed by atoms with van der Waals surface area (Å²) in [4.78, 5) is 0. The van der Waals surface area contributed by atoms with Crippen molar-refractivity contribution in [1.82, 2.24) is 0 Å². The molecule has 0 aliphatic carbocycles. The molecule has 1 heteroatoms. The van der Waals surface area contributed by atoms with Crippen LogP contribution in [-0.2, 0) is 6.42 Å². The Morgan fingerprint density at radius 3 is 2.29 bits per heavy atom. The van der Waals surface area contributed by atoms with Gasteiger partial charge in [0.2, 0.25) is 0 Å². The molecule has 0 aliphatic rings. The maximum absolute atomic E-state index is 6.05. The van der Waals surface area contributed by atoms with E-state index in [4.69, 9.17) is 5.73 Å². The van der Waals surface area contributed by atoms with E-state index in [9.17, 15) is 0 Å². The van der Waals surface area contributed by atoms with Crippen LogP contribution in [0.4, 0.5) is 5.69 Å². The zero-order chi connectivity index (χ0) is 12.3. The molecule has 0 fully saturated rings. The summed E-state index contributed by atoms with van der Waals surface area (Å²) < 4.78 is 0. The number of hydrogen-bond donors (Lipinski definition) is 1. The van der Waals surface area contributed by atoms with Crippen molar-refractivity contribution in [1.29, 1.82) is 0 Å². The van der Waals surface area contributed by atoms with Crippen molar-refractivity contribution in [2.45, 2.75) is 26.7 Å². The van der Waals surface area contributed by atoms with E-state index >= 15 is 0 Å². The van der Waals surface area contributed by atoms with Crippen LogP contribution >= 0.6 is 0 Å². The van der Waals surface area contributed by atoms with Crippen LogP contribution in [0.3, 0.4) is 0 Å². The van der Waals surface area contributed by atoms with Gasteiger partial charge in [-0.05, 0) is 36.1 Å². The van der Waals surface area contributed by atoms with E-state index in [0.717, 1.165) is 17.7 Å². The van der Waals surface area contributed by atoms with Crippen LogP contribution in [0.1, 0.15) is 24.5 Å². The number of nitrogens with two attached hydrogens (primary N) is 1. The molecule has 88 valence electrons. The molecule has 0 atom stereocenters. The van der Waals surface area contributed by atoms with Crippen molar-refractivity contribution < 1.29 is 0 Å². The lowest BCUT2D eigenvalue weighted by atomic mass is 10.00. The van der Waals surface area contributed by atoms with E-state index in [1.165, 1.54) is 23.1 Å². The highest BCUT2D eigenvalue weighted by molar-refractivity contribution is 5.76. The summed E-state index contributed by atoms with van der Waals surface area (Å²) in [5.41, 5.74) is 11.8. The average Bonchev–Trinajstić information content (AvgIpc) is 2.31. The average molecular weight is 225 g/mol. The fraction of sp³-hybridized carbons (Fsp3) is 0.250. The molecule has 0 amide bonds. The molecule has 0 aromatic heterocycles. The van der Waals surface area contributed by atoms with Gasteiger partial charge in [-0.15, -0.1) is 0 Å². The molecule has 0 radical (unpaired) electrons. The highest BCUT2D eigenvalue weighted by Crippen LogP contribution is 2.26. The van der Waals surface area contributed by atoms with Crippen molar-refractivity contribution in [3.8, 4) is 11.1 Å². The second-order valence-corrected chi connectivity index (χ2v) is 4.54. The molecule has 0 aliphatic heterocycles. The Labute approximate surface area is 103 Å². The Kier molecular flexibility index (Phi) is 3.48. The molecule has 0 saturated heterocycles. The van der Waals surface area contributed by atoms with Crippen molar-refractivity contribution in [3.05, 3.63) is 53.6 Å². The Bertz CT molecular complexity index is 497. The van der Waals surface area contributed by atoms with Crippen molar-refractivity contribution >= 4 is 5.69 Å². The molecule has 17 heavy (non-hydrogen) atoms. The van der Waals surface area contributed by atoms with Crippen LogP contribution in [0.2, 0.25) is 0 Å². The zero-order valence-corrected chi connectivity index (χ0v) is 10.5. The first kappa shape index (κ1) is 11.7. The minimum atomic E-state index is 0.855. The summed E-state index contributed by atoms with van der Waals surface area (Å²) in [7, 11) is 0. The van der Waals surface area contributed by atoms with Crippen molar-refractivity contribution in [2.24, 2.45) is 0 Å². The topological polar surface area (TPSA) is 26.0 Å². The predicted molar refractivity (Wildman–Crippen MR) is 75.0 cm³/mol. The van der Waals surface area contributed by atoms with Crippen LogP contribution in [-0.4, -0.2) is 0 Å². The first-order valence-corrected chi connectivity index (χ1v) is 6.16. The minimum absolute atomic E-state index is 0.855. The first-order chi connectivity index (χ1) is 8.20. The fourth-order valence-corrected chi connectivity index (χ4v) is 2.08. The first-order valence-electron chi connectivity index (χ1n) is 6.16.